The van der Waals surface area contributed by atoms with Gasteiger partial charge < -0.3 is 19.7 Å². The Morgan fingerprint density at radius 2 is 1.73 bits per heavy atom. The molecule has 0 aliphatic carbocycles. The van der Waals surface area contributed by atoms with Crippen molar-refractivity contribution < 1.29 is 0 Å². The lowest BCUT2D eigenvalue weighted by atomic mass is 9.91. The van der Waals surface area contributed by atoms with Crippen LogP contribution < -0.4 is 15.1 Å². The summed E-state index contributed by atoms with van der Waals surface area (Å²) in [5, 5.41) is 5.03. The lowest BCUT2D eigenvalue weighted by molar-refractivity contribution is 0.357. The predicted molar refractivity (Wildman–Crippen MR) is 177 cm³/mol. The van der Waals surface area contributed by atoms with Crippen molar-refractivity contribution in [2.24, 2.45) is 11.8 Å². The number of piperidine rings is 1. The fourth-order valence-electron chi connectivity index (χ4n) is 6.81. The van der Waals surface area contributed by atoms with Crippen LogP contribution in [0.5, 0.6) is 0 Å². The molecule has 2 aliphatic heterocycles. The topological polar surface area (TPSA) is 36.3 Å². The summed E-state index contributed by atoms with van der Waals surface area (Å²) in [6.07, 6.45) is 3.10. The van der Waals surface area contributed by atoms with E-state index in [4.69, 9.17) is 28.8 Å². The normalized spacial score (nSPS) is 22.7. The third kappa shape index (κ3) is 5.40. The van der Waals surface area contributed by atoms with Crippen LogP contribution in [0.1, 0.15) is 55.0 Å². The molecule has 0 radical (unpaired) electrons. The summed E-state index contributed by atoms with van der Waals surface area (Å²) in [4.78, 5) is 9.40. The van der Waals surface area contributed by atoms with Gasteiger partial charge in [-0.1, -0.05) is 53.5 Å². The number of nitrogens with one attached hydrogen (secondary N) is 1. The molecule has 212 valence electrons. The lowest BCUT2D eigenvalue weighted by Crippen LogP contribution is -2.38. The van der Waals surface area contributed by atoms with Gasteiger partial charge in [0.05, 0.1) is 28.5 Å². The fraction of sp³-hybridized carbons (Fsp3) is 0.333. The standard InChI is InChI=1S/C33H35BrClN5S/c1-20-14-21(2)19-38(18-20)30-12-11-26(17-28(30)35)40-32(31(37-33(40)41)29-10-5-6-13-36-29)27-15-22(3)39(23(27)4)25-9-7-8-24(34)16-25/h5-13,15-17,20-21,31-32H,14,18-19H2,1-4H3,(H,37,41)/t20-,21+,31-,32+/m0/s1. The number of nitrogens with zero attached hydrogens (tertiary/aromatic N) is 4. The lowest BCUT2D eigenvalue weighted by Gasteiger charge is -2.37. The molecule has 2 fully saturated rings. The van der Waals surface area contributed by atoms with Gasteiger partial charge in [-0.2, -0.15) is 0 Å². The van der Waals surface area contributed by atoms with Gasteiger partial charge in [-0.25, -0.2) is 0 Å². The third-order valence-corrected chi connectivity index (χ3v) is 9.48. The van der Waals surface area contributed by atoms with Crippen LogP contribution in [0.4, 0.5) is 11.4 Å². The van der Waals surface area contributed by atoms with Crippen molar-refractivity contribution in [2.75, 3.05) is 22.9 Å². The summed E-state index contributed by atoms with van der Waals surface area (Å²) in [5.74, 6) is 1.29. The molecule has 5 nitrogen and oxygen atoms in total. The first-order valence-electron chi connectivity index (χ1n) is 14.2. The first-order chi connectivity index (χ1) is 19.7. The summed E-state index contributed by atoms with van der Waals surface area (Å²) < 4.78 is 3.36. The molecule has 1 N–H and O–H groups in total. The van der Waals surface area contributed by atoms with Crippen LogP contribution in [0.25, 0.3) is 5.69 Å². The van der Waals surface area contributed by atoms with Gasteiger partial charge in [0, 0.05) is 46.5 Å². The second kappa shape index (κ2) is 11.4. The van der Waals surface area contributed by atoms with E-state index in [0.717, 1.165) is 51.0 Å². The first-order valence-corrected chi connectivity index (χ1v) is 15.8. The predicted octanol–water partition coefficient (Wildman–Crippen LogP) is 8.56. The number of rotatable bonds is 5. The minimum Gasteiger partial charge on any atom is -0.370 e. The number of aryl methyl sites for hydroxylation is 1. The Kier molecular flexibility index (Phi) is 7.88. The number of aromatic nitrogens is 2. The van der Waals surface area contributed by atoms with Crippen molar-refractivity contribution in [3.8, 4) is 5.69 Å². The highest BCUT2D eigenvalue weighted by Crippen LogP contribution is 2.45. The number of hydrogen-bond acceptors (Lipinski definition) is 3. The molecule has 4 heterocycles. The molecule has 0 saturated carbocycles. The van der Waals surface area contributed by atoms with Crippen molar-refractivity contribution in [1.29, 1.82) is 0 Å². The van der Waals surface area contributed by atoms with Crippen LogP contribution in [-0.4, -0.2) is 27.8 Å². The van der Waals surface area contributed by atoms with Gasteiger partial charge in [0.15, 0.2) is 5.11 Å². The second-order valence-electron chi connectivity index (χ2n) is 11.6. The van der Waals surface area contributed by atoms with E-state index in [0.29, 0.717) is 16.9 Å². The summed E-state index contributed by atoms with van der Waals surface area (Å²) in [6.45, 7) is 11.0. The van der Waals surface area contributed by atoms with Gasteiger partial charge in [0.1, 0.15) is 0 Å². The average molecular weight is 649 g/mol. The Labute approximate surface area is 261 Å². The third-order valence-electron chi connectivity index (χ3n) is 8.37. The molecule has 0 spiro atoms. The van der Waals surface area contributed by atoms with E-state index < -0.39 is 0 Å². The van der Waals surface area contributed by atoms with Gasteiger partial charge in [0.2, 0.25) is 0 Å². The molecular weight excluding hydrogens is 614 g/mol. The number of hydrogen-bond donors (Lipinski definition) is 1. The molecule has 2 saturated heterocycles. The van der Waals surface area contributed by atoms with E-state index in [1.807, 2.05) is 18.3 Å². The highest BCUT2D eigenvalue weighted by atomic mass is 79.9. The van der Waals surface area contributed by atoms with Crippen molar-refractivity contribution in [3.05, 3.63) is 105 Å². The van der Waals surface area contributed by atoms with E-state index >= 15 is 0 Å². The molecule has 41 heavy (non-hydrogen) atoms. The zero-order chi connectivity index (χ0) is 28.8. The molecule has 4 atom stereocenters. The zero-order valence-electron chi connectivity index (χ0n) is 23.8. The minimum absolute atomic E-state index is 0.110. The maximum atomic E-state index is 7.03. The molecule has 2 aliphatic rings. The number of pyridine rings is 1. The van der Waals surface area contributed by atoms with Gasteiger partial charge in [-0.3, -0.25) is 4.98 Å². The smallest absolute Gasteiger partial charge is 0.174 e. The minimum atomic E-state index is -0.123. The number of thiocarbonyl (C=S) groups is 1. The van der Waals surface area contributed by atoms with Crippen LogP contribution in [0.2, 0.25) is 5.02 Å². The van der Waals surface area contributed by atoms with Crippen molar-refractivity contribution >= 4 is 56.2 Å². The summed E-state index contributed by atoms with van der Waals surface area (Å²) >= 11 is 16.7. The highest BCUT2D eigenvalue weighted by molar-refractivity contribution is 9.10. The quantitative estimate of drug-likeness (QED) is 0.220. The van der Waals surface area contributed by atoms with Gasteiger partial charge >= 0.3 is 0 Å². The Balaban J connectivity index is 1.44. The number of anilines is 2. The molecule has 0 unspecified atom stereocenters. The van der Waals surface area contributed by atoms with Gasteiger partial charge in [0.25, 0.3) is 0 Å². The molecule has 4 aromatic rings. The molecule has 2 aromatic heterocycles. The largest absolute Gasteiger partial charge is 0.370 e. The highest BCUT2D eigenvalue weighted by Gasteiger charge is 2.42. The van der Waals surface area contributed by atoms with Gasteiger partial charge in [-0.05, 0) is 104 Å². The Hall–Kier alpha value is -2.87. The van der Waals surface area contributed by atoms with E-state index in [1.54, 1.807) is 0 Å². The van der Waals surface area contributed by atoms with Crippen LogP contribution in [-0.2, 0) is 0 Å². The maximum absolute atomic E-state index is 7.03. The van der Waals surface area contributed by atoms with Crippen molar-refractivity contribution in [2.45, 2.75) is 46.2 Å². The van der Waals surface area contributed by atoms with E-state index in [-0.39, 0.29) is 12.1 Å². The molecule has 2 aromatic carbocycles. The fourth-order valence-corrected chi connectivity index (χ4v) is 7.84. The molecule has 0 bridgehead atoms. The van der Waals surface area contributed by atoms with Crippen LogP contribution in [0.3, 0.4) is 0 Å². The Morgan fingerprint density at radius 3 is 2.41 bits per heavy atom. The Bertz CT molecular complexity index is 1580. The summed E-state index contributed by atoms with van der Waals surface area (Å²) in [7, 11) is 0. The Morgan fingerprint density at radius 1 is 0.951 bits per heavy atom. The maximum Gasteiger partial charge on any atom is 0.174 e. The van der Waals surface area contributed by atoms with E-state index in [2.05, 4.69) is 118 Å². The van der Waals surface area contributed by atoms with Crippen molar-refractivity contribution in [1.82, 2.24) is 14.9 Å². The number of benzene rings is 2. The van der Waals surface area contributed by atoms with Crippen LogP contribution >= 0.6 is 39.7 Å². The van der Waals surface area contributed by atoms with Crippen LogP contribution in [0.15, 0.2) is 77.4 Å². The molecule has 6 rings (SSSR count). The molecular formula is C33H35BrClN5S. The monoisotopic (exact) mass is 647 g/mol. The SMILES string of the molecule is Cc1cc([C@@H]2[C@H](c3ccccn3)NC(=S)N2c2ccc(N3C[C@H](C)C[C@H](C)C3)c(Cl)c2)c(C)n1-c1cccc(Br)c1. The molecule has 0 amide bonds. The average Bonchev–Trinajstić information content (AvgIpc) is 3.43. The number of halogens is 2. The van der Waals surface area contributed by atoms with E-state index in [1.165, 1.54) is 17.7 Å². The van der Waals surface area contributed by atoms with Gasteiger partial charge in [-0.15, -0.1) is 0 Å². The summed E-state index contributed by atoms with van der Waals surface area (Å²) in [5.41, 5.74) is 7.67. The van der Waals surface area contributed by atoms with Crippen molar-refractivity contribution in [3.63, 3.8) is 0 Å². The molecule has 8 heteroatoms. The summed E-state index contributed by atoms with van der Waals surface area (Å²) in [6, 6.07) is 22.9. The first kappa shape index (κ1) is 28.3. The second-order valence-corrected chi connectivity index (χ2v) is 13.3. The zero-order valence-corrected chi connectivity index (χ0v) is 27.0. The van der Waals surface area contributed by atoms with Crippen LogP contribution in [0, 0.1) is 25.7 Å². The van der Waals surface area contributed by atoms with E-state index in [9.17, 15) is 0 Å².